The summed E-state index contributed by atoms with van der Waals surface area (Å²) in [6.45, 7) is 3.90. The molecule has 3 aromatic heterocycles. The maximum atomic E-state index is 13.9. The monoisotopic (exact) mass is 462 g/mol. The number of fused-ring (bicyclic) bond motifs is 1. The number of hydrogen-bond acceptors (Lipinski definition) is 4. The fourth-order valence-electron chi connectivity index (χ4n) is 5.19. The van der Waals surface area contributed by atoms with Gasteiger partial charge in [-0.3, -0.25) is 4.79 Å². The normalized spacial score (nSPS) is 14.4. The first kappa shape index (κ1) is 22.4. The minimum atomic E-state index is -0.301. The van der Waals surface area contributed by atoms with Crippen LogP contribution in [-0.4, -0.2) is 24.1 Å². The largest absolute Gasteiger partial charge is 0.342 e. The van der Waals surface area contributed by atoms with Crippen molar-refractivity contribution in [3.05, 3.63) is 69.5 Å². The Morgan fingerprint density at radius 2 is 1.89 bits per heavy atom. The number of nitrogens with zero attached hydrogens (tertiary/aromatic N) is 5. The average molecular weight is 463 g/mol. The summed E-state index contributed by atoms with van der Waals surface area (Å²) in [6, 6.07) is 11.9. The fourth-order valence-corrected chi connectivity index (χ4v) is 5.19. The molecule has 1 N–H and O–H groups in total. The molecule has 1 aliphatic carbocycles. The first-order valence-electron chi connectivity index (χ1n) is 11.9. The third-order valence-electron chi connectivity index (χ3n) is 6.83. The number of H-pyrrole nitrogens is 1. The number of hydrogen-bond donors (Lipinski definition) is 1. The van der Waals surface area contributed by atoms with Crippen LogP contribution in [0.3, 0.4) is 0 Å². The molecular formula is C28H26N6O. The third kappa shape index (κ3) is 3.76. The number of benzene rings is 1. The van der Waals surface area contributed by atoms with Crippen molar-refractivity contribution < 1.29 is 0 Å². The Kier molecular flexibility index (Phi) is 5.84. The van der Waals surface area contributed by atoms with E-state index in [1.54, 1.807) is 6.08 Å². The first-order valence-corrected chi connectivity index (χ1v) is 11.9. The van der Waals surface area contributed by atoms with E-state index in [-0.39, 0.29) is 17.3 Å². The smallest absolute Gasteiger partial charge is 0.285 e. The summed E-state index contributed by atoms with van der Waals surface area (Å²) in [4.78, 5) is 22.1. The van der Waals surface area contributed by atoms with Crippen LogP contribution in [0.5, 0.6) is 0 Å². The van der Waals surface area contributed by atoms with E-state index in [1.807, 2.05) is 50.3 Å². The van der Waals surface area contributed by atoms with E-state index in [2.05, 4.69) is 26.6 Å². The Balaban J connectivity index is 1.78. The zero-order chi connectivity index (χ0) is 24.5. The molecule has 1 fully saturated rings. The van der Waals surface area contributed by atoms with E-state index >= 15 is 0 Å². The van der Waals surface area contributed by atoms with Crippen molar-refractivity contribution in [1.29, 1.82) is 5.26 Å². The Hall–Kier alpha value is -4.36. The first-order chi connectivity index (χ1) is 17.0. The predicted octanol–water partition coefficient (Wildman–Crippen LogP) is 5.19. The number of aryl methyl sites for hydroxylation is 1. The zero-order valence-corrected chi connectivity index (χ0v) is 19.9. The topological polar surface area (TPSA) is 91.8 Å². The summed E-state index contributed by atoms with van der Waals surface area (Å²) < 4.78 is 3.50. The van der Waals surface area contributed by atoms with Gasteiger partial charge >= 0.3 is 0 Å². The van der Waals surface area contributed by atoms with Crippen molar-refractivity contribution in [3.8, 4) is 40.9 Å². The highest BCUT2D eigenvalue weighted by atomic mass is 16.1. The molecule has 1 saturated carbocycles. The van der Waals surface area contributed by atoms with Gasteiger partial charge in [0.1, 0.15) is 23.1 Å². The third-order valence-corrected chi connectivity index (χ3v) is 6.83. The quantitative estimate of drug-likeness (QED) is 0.422. The standard InChI is InChI=1S/C28H26N6O/c1-4-5-16-22-19(3)33(21-14-10-7-11-15-21)26(31-22)24-18(2)30-27-25(20-12-8-6-9-13-20)23(17-29)32-34(27)28(24)35/h1,5-6,8-9,12-13,16,21,30H,7,10-11,14-15H2,2-3H3/b16-5-. The lowest BCUT2D eigenvalue weighted by atomic mass is 9.94. The van der Waals surface area contributed by atoms with Crippen LogP contribution >= 0.6 is 0 Å². The van der Waals surface area contributed by atoms with Crippen LogP contribution in [0.15, 0.2) is 41.2 Å². The molecule has 0 atom stereocenters. The minimum Gasteiger partial charge on any atom is -0.342 e. The van der Waals surface area contributed by atoms with Gasteiger partial charge in [0, 0.05) is 17.4 Å². The molecule has 0 bridgehead atoms. The van der Waals surface area contributed by atoms with E-state index in [4.69, 9.17) is 11.4 Å². The minimum absolute atomic E-state index is 0.200. The molecular weight excluding hydrogens is 436 g/mol. The Labute approximate surface area is 203 Å². The van der Waals surface area contributed by atoms with Gasteiger partial charge in [0.05, 0.1) is 11.3 Å². The molecule has 0 radical (unpaired) electrons. The molecule has 0 amide bonds. The summed E-state index contributed by atoms with van der Waals surface area (Å²) >= 11 is 0. The Morgan fingerprint density at radius 1 is 1.14 bits per heavy atom. The second kappa shape index (κ2) is 9.12. The van der Waals surface area contributed by atoms with Crippen LogP contribution in [0.25, 0.3) is 34.2 Å². The van der Waals surface area contributed by atoms with Gasteiger partial charge in [0.2, 0.25) is 0 Å². The van der Waals surface area contributed by atoms with Crippen molar-refractivity contribution >= 4 is 11.7 Å². The molecule has 7 nitrogen and oxygen atoms in total. The lowest BCUT2D eigenvalue weighted by Gasteiger charge is -2.26. The molecule has 0 spiro atoms. The number of nitriles is 1. The Bertz CT molecular complexity index is 1580. The molecule has 174 valence electrons. The van der Waals surface area contributed by atoms with Gasteiger partial charge in [0.25, 0.3) is 5.56 Å². The maximum absolute atomic E-state index is 13.9. The lowest BCUT2D eigenvalue weighted by molar-refractivity contribution is 0.351. The average Bonchev–Trinajstić information content (AvgIpc) is 3.41. The maximum Gasteiger partial charge on any atom is 0.285 e. The van der Waals surface area contributed by atoms with Crippen LogP contribution in [0, 0.1) is 37.5 Å². The van der Waals surface area contributed by atoms with Crippen molar-refractivity contribution in [2.45, 2.75) is 52.0 Å². The van der Waals surface area contributed by atoms with Gasteiger partial charge in [-0.15, -0.1) is 6.42 Å². The number of imidazole rings is 1. The number of aromatic amines is 1. The van der Waals surface area contributed by atoms with E-state index < -0.39 is 0 Å². The van der Waals surface area contributed by atoms with Crippen LogP contribution < -0.4 is 5.56 Å². The molecule has 35 heavy (non-hydrogen) atoms. The number of nitrogens with one attached hydrogen (secondary N) is 1. The molecule has 4 aromatic rings. The summed E-state index contributed by atoms with van der Waals surface area (Å²) in [5.74, 6) is 3.14. The zero-order valence-electron chi connectivity index (χ0n) is 19.9. The molecule has 1 aromatic carbocycles. The molecule has 3 heterocycles. The lowest BCUT2D eigenvalue weighted by Crippen LogP contribution is -2.23. The van der Waals surface area contributed by atoms with E-state index in [0.717, 1.165) is 42.6 Å². The van der Waals surface area contributed by atoms with E-state index in [9.17, 15) is 10.1 Å². The highest BCUT2D eigenvalue weighted by Crippen LogP contribution is 2.35. The molecule has 0 aliphatic heterocycles. The van der Waals surface area contributed by atoms with Gasteiger partial charge in [-0.25, -0.2) is 4.98 Å². The van der Waals surface area contributed by atoms with Gasteiger partial charge in [-0.2, -0.15) is 14.9 Å². The molecule has 0 unspecified atom stereocenters. The predicted molar refractivity (Wildman–Crippen MR) is 137 cm³/mol. The number of rotatable bonds is 4. The van der Waals surface area contributed by atoms with Crippen LogP contribution in [0.1, 0.15) is 60.9 Å². The molecule has 1 aliphatic rings. The van der Waals surface area contributed by atoms with Gasteiger partial charge in [-0.1, -0.05) is 55.5 Å². The van der Waals surface area contributed by atoms with E-state index in [1.165, 1.54) is 10.9 Å². The summed E-state index contributed by atoms with van der Waals surface area (Å²) in [5.41, 5.74) is 4.71. The van der Waals surface area contributed by atoms with Gasteiger partial charge < -0.3 is 9.55 Å². The summed E-state index contributed by atoms with van der Waals surface area (Å²) in [7, 11) is 0. The van der Waals surface area contributed by atoms with Crippen LogP contribution in [0.2, 0.25) is 0 Å². The SMILES string of the molecule is C#C/C=C\c1nc(-c2c(C)[nH]c3c(-c4ccccc4)c(C#N)nn3c2=O)n(C2CCCCC2)c1C. The number of terminal acetylenes is 1. The molecule has 5 rings (SSSR count). The van der Waals surface area contributed by atoms with Crippen molar-refractivity contribution in [2.75, 3.05) is 0 Å². The Morgan fingerprint density at radius 3 is 2.57 bits per heavy atom. The van der Waals surface area contributed by atoms with Gasteiger partial charge in [0.15, 0.2) is 5.69 Å². The second-order valence-electron chi connectivity index (χ2n) is 8.96. The summed E-state index contributed by atoms with van der Waals surface area (Å²) in [6.07, 6.45) is 14.5. The number of allylic oxidation sites excluding steroid dienone is 1. The van der Waals surface area contributed by atoms with Crippen LogP contribution in [-0.2, 0) is 0 Å². The van der Waals surface area contributed by atoms with E-state index in [0.29, 0.717) is 28.3 Å². The highest BCUT2D eigenvalue weighted by Gasteiger charge is 2.27. The van der Waals surface area contributed by atoms with Crippen molar-refractivity contribution in [2.24, 2.45) is 0 Å². The van der Waals surface area contributed by atoms with Crippen LogP contribution in [0.4, 0.5) is 0 Å². The highest BCUT2D eigenvalue weighted by molar-refractivity contribution is 5.82. The van der Waals surface area contributed by atoms with Crippen molar-refractivity contribution in [3.63, 3.8) is 0 Å². The van der Waals surface area contributed by atoms with Crippen molar-refractivity contribution in [1.82, 2.24) is 24.1 Å². The molecule has 7 heteroatoms. The number of aromatic nitrogens is 5. The molecule has 0 saturated heterocycles. The second-order valence-corrected chi connectivity index (χ2v) is 8.96. The van der Waals surface area contributed by atoms with Gasteiger partial charge in [-0.05, 0) is 44.4 Å². The fraction of sp³-hybridized carbons (Fsp3) is 0.286. The summed E-state index contributed by atoms with van der Waals surface area (Å²) in [5, 5.41) is 14.2.